The van der Waals surface area contributed by atoms with Crippen molar-refractivity contribution in [3.05, 3.63) is 86.7 Å². The minimum absolute atomic E-state index is 0.0288. The number of nitrogens with zero attached hydrogens (tertiary/aromatic N) is 3. The molecule has 0 saturated carbocycles. The number of rotatable bonds is 5. The van der Waals surface area contributed by atoms with Crippen molar-refractivity contribution in [3.63, 3.8) is 0 Å². The van der Waals surface area contributed by atoms with Crippen molar-refractivity contribution in [2.75, 3.05) is 6.54 Å². The van der Waals surface area contributed by atoms with Crippen LogP contribution in [0.5, 0.6) is 0 Å². The van der Waals surface area contributed by atoms with Gasteiger partial charge in [-0.15, -0.1) is 0 Å². The Morgan fingerprint density at radius 3 is 2.68 bits per heavy atom. The summed E-state index contributed by atoms with van der Waals surface area (Å²) in [6.07, 6.45) is 2.24. The molecule has 1 aromatic carbocycles. The highest BCUT2D eigenvalue weighted by molar-refractivity contribution is 5.95. The summed E-state index contributed by atoms with van der Waals surface area (Å²) in [7, 11) is 0. The van der Waals surface area contributed by atoms with Crippen LogP contribution in [0.25, 0.3) is 0 Å². The highest BCUT2D eigenvalue weighted by atomic mass is 16.5. The fourth-order valence-corrected chi connectivity index (χ4v) is 3.87. The van der Waals surface area contributed by atoms with Crippen molar-refractivity contribution in [1.82, 2.24) is 19.9 Å². The molecule has 8 heteroatoms. The summed E-state index contributed by atoms with van der Waals surface area (Å²) in [5.74, 6) is 0.176. The first-order chi connectivity index (χ1) is 14.9. The molecule has 0 radical (unpaired) electrons. The van der Waals surface area contributed by atoms with E-state index >= 15 is 0 Å². The van der Waals surface area contributed by atoms with Crippen molar-refractivity contribution >= 4 is 11.8 Å². The Hall–Kier alpha value is -3.68. The highest BCUT2D eigenvalue weighted by Gasteiger charge is 2.27. The predicted octanol–water partition coefficient (Wildman–Crippen LogP) is 2.03. The number of carbonyl (C=O) groups excluding carboxylic acids is 2. The largest absolute Gasteiger partial charge is 0.361 e. The molecule has 0 fully saturated rings. The summed E-state index contributed by atoms with van der Waals surface area (Å²) >= 11 is 0. The number of nitrogens with one attached hydrogen (secondary N) is 1. The molecule has 1 N–H and O–H groups in total. The predicted molar refractivity (Wildman–Crippen MR) is 113 cm³/mol. The third kappa shape index (κ3) is 4.42. The van der Waals surface area contributed by atoms with Gasteiger partial charge in [0, 0.05) is 32.3 Å². The van der Waals surface area contributed by atoms with Crippen LogP contribution in [0.1, 0.15) is 45.4 Å². The summed E-state index contributed by atoms with van der Waals surface area (Å²) in [5.41, 5.74) is 2.86. The average molecular weight is 420 g/mol. The SMILES string of the molecule is CC(=O)N1CCc2c(cn(Cc3ccccc3)c(=O)c2C(=O)NCc2cc(C)on2)C1. The van der Waals surface area contributed by atoms with Crippen molar-refractivity contribution < 1.29 is 14.1 Å². The Morgan fingerprint density at radius 2 is 2.00 bits per heavy atom. The standard InChI is InChI=1S/C23H24N4O4/c1-15-10-19(25-31-15)11-24-22(29)21-20-8-9-26(16(2)28)13-18(20)14-27(23(21)30)12-17-6-4-3-5-7-17/h3-7,10,14H,8-9,11-13H2,1-2H3,(H,24,29). The van der Waals surface area contributed by atoms with Gasteiger partial charge in [-0.2, -0.15) is 0 Å². The molecule has 2 amide bonds. The zero-order chi connectivity index (χ0) is 22.0. The lowest BCUT2D eigenvalue weighted by Crippen LogP contribution is -2.40. The van der Waals surface area contributed by atoms with Crippen LogP contribution < -0.4 is 10.9 Å². The molecule has 8 nitrogen and oxygen atoms in total. The minimum Gasteiger partial charge on any atom is -0.361 e. The maximum Gasteiger partial charge on any atom is 0.264 e. The van der Waals surface area contributed by atoms with E-state index in [1.165, 1.54) is 6.92 Å². The lowest BCUT2D eigenvalue weighted by Gasteiger charge is -2.29. The van der Waals surface area contributed by atoms with Crippen LogP contribution in [0.4, 0.5) is 0 Å². The molecule has 160 valence electrons. The number of benzene rings is 1. The molecule has 0 unspecified atom stereocenters. The monoisotopic (exact) mass is 420 g/mol. The molecule has 31 heavy (non-hydrogen) atoms. The van der Waals surface area contributed by atoms with E-state index in [9.17, 15) is 14.4 Å². The second-order valence-corrected chi connectivity index (χ2v) is 7.73. The maximum atomic E-state index is 13.3. The molecule has 2 aromatic heterocycles. The van der Waals surface area contributed by atoms with E-state index in [0.29, 0.717) is 43.1 Å². The number of hydrogen-bond acceptors (Lipinski definition) is 5. The molecule has 0 atom stereocenters. The van der Waals surface area contributed by atoms with E-state index in [0.717, 1.165) is 11.1 Å². The van der Waals surface area contributed by atoms with Gasteiger partial charge in [-0.1, -0.05) is 35.5 Å². The van der Waals surface area contributed by atoms with Crippen LogP contribution >= 0.6 is 0 Å². The lowest BCUT2D eigenvalue weighted by molar-refractivity contribution is -0.129. The van der Waals surface area contributed by atoms with Gasteiger partial charge >= 0.3 is 0 Å². The quantitative estimate of drug-likeness (QED) is 0.681. The molecular weight excluding hydrogens is 396 g/mol. The molecule has 3 heterocycles. The van der Waals surface area contributed by atoms with E-state index in [1.807, 2.05) is 30.3 Å². The minimum atomic E-state index is -0.444. The topological polar surface area (TPSA) is 97.4 Å². The van der Waals surface area contributed by atoms with Crippen molar-refractivity contribution in [2.24, 2.45) is 0 Å². The Morgan fingerprint density at radius 1 is 1.23 bits per heavy atom. The van der Waals surface area contributed by atoms with Gasteiger partial charge in [-0.25, -0.2) is 0 Å². The van der Waals surface area contributed by atoms with Crippen LogP contribution in [0.15, 0.2) is 51.9 Å². The van der Waals surface area contributed by atoms with Gasteiger partial charge in [0.15, 0.2) is 0 Å². The first-order valence-corrected chi connectivity index (χ1v) is 10.2. The van der Waals surface area contributed by atoms with Crippen molar-refractivity contribution in [2.45, 2.75) is 39.9 Å². The second kappa shape index (κ2) is 8.59. The van der Waals surface area contributed by atoms with Gasteiger partial charge in [0.2, 0.25) is 5.91 Å². The van der Waals surface area contributed by atoms with E-state index in [2.05, 4.69) is 10.5 Å². The van der Waals surface area contributed by atoms with Crippen LogP contribution in [-0.4, -0.2) is 33.0 Å². The Balaban J connectivity index is 1.70. The Kier molecular flexibility index (Phi) is 5.70. The average Bonchev–Trinajstić information content (AvgIpc) is 3.18. The highest BCUT2D eigenvalue weighted by Crippen LogP contribution is 2.21. The third-order valence-electron chi connectivity index (χ3n) is 5.44. The van der Waals surface area contributed by atoms with Gasteiger partial charge in [-0.3, -0.25) is 14.4 Å². The summed E-state index contributed by atoms with van der Waals surface area (Å²) in [4.78, 5) is 40.0. The fourth-order valence-electron chi connectivity index (χ4n) is 3.87. The summed E-state index contributed by atoms with van der Waals surface area (Å²) in [6, 6.07) is 11.3. The molecule has 0 saturated heterocycles. The fraction of sp³-hybridized carbons (Fsp3) is 0.304. The van der Waals surface area contributed by atoms with Gasteiger partial charge in [0.1, 0.15) is 17.0 Å². The number of hydrogen-bond donors (Lipinski definition) is 1. The molecular formula is C23H24N4O4. The molecule has 3 aromatic rings. The Bertz CT molecular complexity index is 1180. The van der Waals surface area contributed by atoms with E-state index in [4.69, 9.17) is 4.52 Å². The molecule has 0 aliphatic carbocycles. The Labute approximate surface area is 179 Å². The van der Waals surface area contributed by atoms with E-state index in [-0.39, 0.29) is 23.6 Å². The number of carbonyl (C=O) groups is 2. The van der Waals surface area contributed by atoms with Crippen LogP contribution in [0, 0.1) is 6.92 Å². The maximum absolute atomic E-state index is 13.3. The van der Waals surface area contributed by atoms with Crippen LogP contribution in [0.3, 0.4) is 0 Å². The van der Waals surface area contributed by atoms with Gasteiger partial charge in [0.05, 0.1) is 13.1 Å². The zero-order valence-electron chi connectivity index (χ0n) is 17.6. The van der Waals surface area contributed by atoms with Gasteiger partial charge < -0.3 is 19.3 Å². The third-order valence-corrected chi connectivity index (χ3v) is 5.44. The zero-order valence-corrected chi connectivity index (χ0v) is 17.6. The number of pyridine rings is 1. The van der Waals surface area contributed by atoms with Crippen LogP contribution in [0.2, 0.25) is 0 Å². The molecule has 1 aliphatic heterocycles. The van der Waals surface area contributed by atoms with Crippen LogP contribution in [-0.2, 0) is 30.8 Å². The van der Waals surface area contributed by atoms with E-state index in [1.54, 1.807) is 28.7 Å². The molecule has 4 rings (SSSR count). The van der Waals surface area contributed by atoms with Gasteiger partial charge in [0.25, 0.3) is 11.5 Å². The normalized spacial score (nSPS) is 13.0. The first-order valence-electron chi connectivity index (χ1n) is 10.2. The molecule has 0 bridgehead atoms. The number of amides is 2. The molecule has 1 aliphatic rings. The first kappa shape index (κ1) is 20.6. The van der Waals surface area contributed by atoms with E-state index < -0.39 is 5.91 Å². The number of fused-ring (bicyclic) bond motifs is 1. The second-order valence-electron chi connectivity index (χ2n) is 7.73. The summed E-state index contributed by atoms with van der Waals surface area (Å²) in [5, 5.41) is 6.67. The summed E-state index contributed by atoms with van der Waals surface area (Å²) < 4.78 is 6.58. The van der Waals surface area contributed by atoms with Gasteiger partial charge in [-0.05, 0) is 30.0 Å². The van der Waals surface area contributed by atoms with Crippen molar-refractivity contribution in [3.8, 4) is 0 Å². The number of aryl methyl sites for hydroxylation is 1. The van der Waals surface area contributed by atoms with Crippen molar-refractivity contribution in [1.29, 1.82) is 0 Å². The lowest BCUT2D eigenvalue weighted by atomic mass is 9.95. The molecule has 0 spiro atoms. The number of aromatic nitrogens is 2. The smallest absolute Gasteiger partial charge is 0.264 e. The summed E-state index contributed by atoms with van der Waals surface area (Å²) in [6.45, 7) is 4.66.